The summed E-state index contributed by atoms with van der Waals surface area (Å²) in [5.41, 5.74) is 3.96. The molecule has 4 aromatic rings. The molecule has 142 valence electrons. The SMILES string of the molecule is COc1ccc(-c2cn(-c3cccc([C@H](C)Sc4nncn4C)c3)nn2)cc1. The summed E-state index contributed by atoms with van der Waals surface area (Å²) >= 11 is 1.67. The van der Waals surface area contributed by atoms with Crippen molar-refractivity contribution in [2.24, 2.45) is 7.05 Å². The quantitative estimate of drug-likeness (QED) is 0.463. The standard InChI is InChI=1S/C20H20N6OS/c1-14(28-20-23-21-13-25(20)2)16-5-4-6-17(11-16)26-12-19(22-24-26)15-7-9-18(27-3)10-8-15/h4-14H,1-3H3/t14-/m0/s1. The summed E-state index contributed by atoms with van der Waals surface area (Å²) in [5.74, 6) is 0.818. The van der Waals surface area contributed by atoms with Crippen molar-refractivity contribution in [3.63, 3.8) is 0 Å². The highest BCUT2D eigenvalue weighted by Gasteiger charge is 2.13. The van der Waals surface area contributed by atoms with Crippen LogP contribution in [0.1, 0.15) is 17.7 Å². The van der Waals surface area contributed by atoms with Gasteiger partial charge in [0.25, 0.3) is 0 Å². The van der Waals surface area contributed by atoms with Crippen LogP contribution in [0.5, 0.6) is 5.75 Å². The average Bonchev–Trinajstić information content (AvgIpc) is 3.38. The van der Waals surface area contributed by atoms with E-state index in [1.165, 1.54) is 5.56 Å². The minimum absolute atomic E-state index is 0.229. The number of benzene rings is 2. The highest BCUT2D eigenvalue weighted by atomic mass is 32.2. The number of methoxy groups -OCH3 is 1. The molecule has 7 nitrogen and oxygen atoms in total. The Labute approximate surface area is 167 Å². The second-order valence-electron chi connectivity index (χ2n) is 6.36. The second kappa shape index (κ2) is 7.85. The minimum Gasteiger partial charge on any atom is -0.497 e. The molecule has 2 aromatic carbocycles. The molecule has 0 saturated heterocycles. The molecule has 0 amide bonds. The van der Waals surface area contributed by atoms with E-state index in [1.807, 2.05) is 54.2 Å². The average molecular weight is 392 g/mol. The predicted octanol–water partition coefficient (Wildman–Crippen LogP) is 3.92. The van der Waals surface area contributed by atoms with Gasteiger partial charge in [-0.05, 0) is 48.9 Å². The van der Waals surface area contributed by atoms with E-state index in [9.17, 15) is 0 Å². The number of hydrogen-bond donors (Lipinski definition) is 0. The maximum Gasteiger partial charge on any atom is 0.191 e. The van der Waals surface area contributed by atoms with Gasteiger partial charge in [0.15, 0.2) is 5.16 Å². The number of rotatable bonds is 6. The lowest BCUT2D eigenvalue weighted by Gasteiger charge is -2.12. The predicted molar refractivity (Wildman–Crippen MR) is 109 cm³/mol. The molecular formula is C20H20N6OS. The lowest BCUT2D eigenvalue weighted by molar-refractivity contribution is 0.415. The van der Waals surface area contributed by atoms with Crippen LogP contribution in [-0.4, -0.2) is 36.9 Å². The van der Waals surface area contributed by atoms with E-state index in [4.69, 9.17) is 4.74 Å². The Morgan fingerprint density at radius 2 is 1.89 bits per heavy atom. The maximum absolute atomic E-state index is 5.21. The third kappa shape index (κ3) is 3.77. The topological polar surface area (TPSA) is 70.7 Å². The van der Waals surface area contributed by atoms with Gasteiger partial charge in [0.05, 0.1) is 19.0 Å². The summed E-state index contributed by atoms with van der Waals surface area (Å²) in [7, 11) is 3.60. The molecule has 0 N–H and O–H groups in total. The molecule has 0 unspecified atom stereocenters. The lowest BCUT2D eigenvalue weighted by Crippen LogP contribution is -1.98. The van der Waals surface area contributed by atoms with Gasteiger partial charge in [-0.3, -0.25) is 0 Å². The molecule has 8 heteroatoms. The fourth-order valence-corrected chi connectivity index (χ4v) is 3.72. The van der Waals surface area contributed by atoms with Gasteiger partial charge in [0, 0.05) is 17.9 Å². The molecule has 0 aliphatic carbocycles. The zero-order valence-corrected chi connectivity index (χ0v) is 16.7. The molecule has 2 heterocycles. The summed E-state index contributed by atoms with van der Waals surface area (Å²) in [4.78, 5) is 0. The third-order valence-electron chi connectivity index (χ3n) is 4.44. The van der Waals surface area contributed by atoms with Gasteiger partial charge in [-0.2, -0.15) is 0 Å². The van der Waals surface area contributed by atoms with Crippen LogP contribution < -0.4 is 4.74 Å². The van der Waals surface area contributed by atoms with Gasteiger partial charge in [-0.25, -0.2) is 4.68 Å². The Morgan fingerprint density at radius 3 is 2.61 bits per heavy atom. The molecule has 0 spiro atoms. The smallest absolute Gasteiger partial charge is 0.191 e. The van der Waals surface area contributed by atoms with Crippen LogP contribution >= 0.6 is 11.8 Å². The first-order valence-electron chi connectivity index (χ1n) is 8.82. The van der Waals surface area contributed by atoms with Crippen LogP contribution in [-0.2, 0) is 7.05 Å². The zero-order chi connectivity index (χ0) is 19.5. The van der Waals surface area contributed by atoms with Crippen molar-refractivity contribution in [1.29, 1.82) is 0 Å². The van der Waals surface area contributed by atoms with E-state index in [0.717, 1.165) is 27.9 Å². The number of thioether (sulfide) groups is 1. The first kappa shape index (κ1) is 18.2. The van der Waals surface area contributed by atoms with Gasteiger partial charge in [0.2, 0.25) is 0 Å². The van der Waals surface area contributed by atoms with Crippen molar-refractivity contribution in [2.75, 3.05) is 7.11 Å². The molecule has 2 aromatic heterocycles. The Balaban J connectivity index is 1.56. The van der Waals surface area contributed by atoms with E-state index in [2.05, 4.69) is 39.6 Å². The van der Waals surface area contributed by atoms with E-state index < -0.39 is 0 Å². The summed E-state index contributed by atoms with van der Waals surface area (Å²) in [6.07, 6.45) is 3.64. The van der Waals surface area contributed by atoms with Crippen molar-refractivity contribution in [2.45, 2.75) is 17.3 Å². The number of nitrogens with zero attached hydrogens (tertiary/aromatic N) is 6. The molecule has 0 fully saturated rings. The van der Waals surface area contributed by atoms with Crippen molar-refractivity contribution < 1.29 is 4.74 Å². The molecule has 0 bridgehead atoms. The van der Waals surface area contributed by atoms with Crippen LogP contribution in [0, 0.1) is 0 Å². The van der Waals surface area contributed by atoms with Crippen molar-refractivity contribution in [1.82, 2.24) is 29.8 Å². The van der Waals surface area contributed by atoms with Crippen molar-refractivity contribution in [3.05, 3.63) is 66.6 Å². The van der Waals surface area contributed by atoms with Gasteiger partial charge in [-0.1, -0.05) is 29.1 Å². The molecule has 0 aliphatic heterocycles. The Morgan fingerprint density at radius 1 is 1.07 bits per heavy atom. The number of ether oxygens (including phenoxy) is 1. The number of aromatic nitrogens is 6. The Hall–Kier alpha value is -3.13. The van der Waals surface area contributed by atoms with Crippen LogP contribution in [0.25, 0.3) is 16.9 Å². The monoisotopic (exact) mass is 392 g/mol. The molecule has 0 radical (unpaired) electrons. The number of aryl methyl sites for hydroxylation is 1. The third-order valence-corrected chi connectivity index (χ3v) is 5.64. The highest BCUT2D eigenvalue weighted by molar-refractivity contribution is 7.99. The lowest BCUT2D eigenvalue weighted by atomic mass is 10.1. The largest absolute Gasteiger partial charge is 0.497 e. The van der Waals surface area contributed by atoms with Crippen LogP contribution in [0.4, 0.5) is 0 Å². The minimum atomic E-state index is 0.229. The van der Waals surface area contributed by atoms with Gasteiger partial charge >= 0.3 is 0 Å². The summed E-state index contributed by atoms with van der Waals surface area (Å²) in [6, 6.07) is 16.1. The van der Waals surface area contributed by atoms with Gasteiger partial charge in [-0.15, -0.1) is 15.3 Å². The maximum atomic E-state index is 5.21. The second-order valence-corrected chi connectivity index (χ2v) is 7.66. The van der Waals surface area contributed by atoms with Crippen LogP contribution in [0.3, 0.4) is 0 Å². The molecule has 1 atom stereocenters. The van der Waals surface area contributed by atoms with E-state index in [0.29, 0.717) is 0 Å². The molecule has 0 saturated carbocycles. The molecular weight excluding hydrogens is 372 g/mol. The highest BCUT2D eigenvalue weighted by Crippen LogP contribution is 2.34. The number of hydrogen-bond acceptors (Lipinski definition) is 6. The molecule has 0 aliphatic rings. The fourth-order valence-electron chi connectivity index (χ4n) is 2.81. The molecule has 28 heavy (non-hydrogen) atoms. The fraction of sp³-hybridized carbons (Fsp3) is 0.200. The van der Waals surface area contributed by atoms with Crippen LogP contribution in [0.2, 0.25) is 0 Å². The summed E-state index contributed by atoms with van der Waals surface area (Å²) < 4.78 is 8.92. The Bertz CT molecular complexity index is 1070. The van der Waals surface area contributed by atoms with Crippen LogP contribution in [0.15, 0.2) is 66.2 Å². The zero-order valence-electron chi connectivity index (χ0n) is 15.9. The van der Waals surface area contributed by atoms with Crippen molar-refractivity contribution >= 4 is 11.8 Å². The first-order chi connectivity index (χ1) is 13.6. The Kier molecular flexibility index (Phi) is 5.12. The normalized spacial score (nSPS) is 12.1. The van der Waals surface area contributed by atoms with E-state index in [-0.39, 0.29) is 5.25 Å². The van der Waals surface area contributed by atoms with E-state index in [1.54, 1.807) is 29.9 Å². The summed E-state index contributed by atoms with van der Waals surface area (Å²) in [5, 5.41) is 17.8. The van der Waals surface area contributed by atoms with E-state index >= 15 is 0 Å². The van der Waals surface area contributed by atoms with Crippen molar-refractivity contribution in [3.8, 4) is 22.7 Å². The first-order valence-corrected chi connectivity index (χ1v) is 9.70. The van der Waals surface area contributed by atoms with Gasteiger partial charge in [0.1, 0.15) is 17.8 Å². The molecule has 4 rings (SSSR count). The van der Waals surface area contributed by atoms with Gasteiger partial charge < -0.3 is 9.30 Å². The summed E-state index contributed by atoms with van der Waals surface area (Å²) in [6.45, 7) is 2.16.